The van der Waals surface area contributed by atoms with Gasteiger partial charge in [0.15, 0.2) is 0 Å². The first kappa shape index (κ1) is 21.2. The number of fused-ring (bicyclic) bond motifs is 9. The number of carbonyl (C=O) groups excluding carboxylic acids is 2. The average molecular weight is 502 g/mol. The summed E-state index contributed by atoms with van der Waals surface area (Å²) < 4.78 is 0. The Morgan fingerprint density at radius 2 is 0.821 bits per heavy atom. The molecule has 0 radical (unpaired) electrons. The van der Waals surface area contributed by atoms with Crippen LogP contribution in [0.15, 0.2) is 127 Å². The molecule has 1 heterocycles. The van der Waals surface area contributed by atoms with Gasteiger partial charge in [-0.3, -0.25) is 9.59 Å². The molecular formula is C36H23NO2. The molecule has 0 bridgehead atoms. The molecule has 5 aromatic rings. The Kier molecular flexibility index (Phi) is 3.81. The van der Waals surface area contributed by atoms with Crippen LogP contribution in [-0.2, 0) is 20.4 Å². The molecule has 0 N–H and O–H groups in total. The van der Waals surface area contributed by atoms with Crippen LogP contribution in [0, 0.1) is 0 Å². The van der Waals surface area contributed by atoms with Gasteiger partial charge in [0.05, 0.1) is 5.69 Å². The lowest BCUT2D eigenvalue weighted by Gasteiger charge is -2.67. The maximum Gasteiger partial charge on any atom is 0.246 e. The number of imide groups is 1. The molecule has 1 aliphatic heterocycles. The van der Waals surface area contributed by atoms with Gasteiger partial charge in [-0.15, -0.1) is 0 Å². The van der Waals surface area contributed by atoms with Crippen molar-refractivity contribution in [1.29, 1.82) is 0 Å². The molecule has 0 unspecified atom stereocenters. The highest BCUT2D eigenvalue weighted by Gasteiger charge is 2.87. The molecular weight excluding hydrogens is 478 g/mol. The van der Waals surface area contributed by atoms with Gasteiger partial charge in [-0.25, -0.2) is 4.90 Å². The molecule has 4 atom stereocenters. The minimum absolute atomic E-state index is 0.115. The van der Waals surface area contributed by atoms with Crippen LogP contribution in [0.5, 0.6) is 0 Å². The number of anilines is 1. The summed E-state index contributed by atoms with van der Waals surface area (Å²) in [5.41, 5.74) is 7.22. The standard InChI is InChI=1S/C36H23NO2/c38-33-35-29-20-10-8-16-25(29)23-14-4-6-18-27(23)31(35)32-28-19-7-5-15-24(28)26-17-9-11-21-30(26)36(32,35)34(39)37(33)22-12-2-1-3-13-22/h1-21,31-32H/t31-,32+,35-,36+. The first-order valence-electron chi connectivity index (χ1n) is 13.5. The van der Waals surface area contributed by atoms with Crippen molar-refractivity contribution in [1.82, 2.24) is 0 Å². The SMILES string of the molecule is O=C1N(c2ccccc2)C(=O)[C@@]23c4ccccc4-c4ccccc4[C@@H]2[C@@H]2c4ccccc4-c4ccccc4[C@@]123. The van der Waals surface area contributed by atoms with E-state index in [4.69, 9.17) is 0 Å². The Hall–Kier alpha value is -4.76. The largest absolute Gasteiger partial charge is 0.273 e. The predicted octanol–water partition coefficient (Wildman–Crippen LogP) is 6.98. The van der Waals surface area contributed by atoms with Crippen molar-refractivity contribution in [3.8, 4) is 22.3 Å². The van der Waals surface area contributed by atoms with E-state index in [1.54, 1.807) is 0 Å². The lowest BCUT2D eigenvalue weighted by atomic mass is 9.30. The summed E-state index contributed by atoms with van der Waals surface area (Å²) in [6, 6.07) is 43.0. The van der Waals surface area contributed by atoms with E-state index >= 15 is 9.59 Å². The van der Waals surface area contributed by atoms with Crippen molar-refractivity contribution in [2.24, 2.45) is 0 Å². The van der Waals surface area contributed by atoms with Crippen molar-refractivity contribution >= 4 is 17.5 Å². The molecule has 0 aromatic heterocycles. The Balaban J connectivity index is 1.48. The van der Waals surface area contributed by atoms with E-state index in [9.17, 15) is 0 Å². The van der Waals surface area contributed by atoms with Gasteiger partial charge in [0.1, 0.15) is 10.8 Å². The second kappa shape index (κ2) is 7.00. The second-order valence-corrected chi connectivity index (χ2v) is 11.1. The summed E-state index contributed by atoms with van der Waals surface area (Å²) in [6.45, 7) is 0. The van der Waals surface area contributed by atoms with Gasteiger partial charge in [-0.1, -0.05) is 115 Å². The summed E-state index contributed by atoms with van der Waals surface area (Å²) in [7, 11) is 0. The van der Waals surface area contributed by atoms with Crippen LogP contribution < -0.4 is 4.90 Å². The Labute approximate surface area is 226 Å². The van der Waals surface area contributed by atoms with Crippen LogP contribution >= 0.6 is 0 Å². The topological polar surface area (TPSA) is 37.4 Å². The summed E-state index contributed by atoms with van der Waals surface area (Å²) in [4.78, 5) is 31.9. The van der Waals surface area contributed by atoms with Crippen molar-refractivity contribution in [3.63, 3.8) is 0 Å². The van der Waals surface area contributed by atoms with E-state index in [1.807, 2.05) is 54.6 Å². The summed E-state index contributed by atoms with van der Waals surface area (Å²) in [6.07, 6.45) is 0. The number of rotatable bonds is 1. The predicted molar refractivity (Wildman–Crippen MR) is 152 cm³/mol. The maximum absolute atomic E-state index is 15.2. The van der Waals surface area contributed by atoms with E-state index < -0.39 is 10.8 Å². The zero-order valence-electron chi connectivity index (χ0n) is 21.0. The molecule has 2 amide bonds. The van der Waals surface area contributed by atoms with Gasteiger partial charge in [0.25, 0.3) is 0 Å². The lowest BCUT2D eigenvalue weighted by molar-refractivity contribution is -0.136. The molecule has 184 valence electrons. The van der Waals surface area contributed by atoms with Gasteiger partial charge < -0.3 is 0 Å². The van der Waals surface area contributed by atoms with Crippen molar-refractivity contribution in [3.05, 3.63) is 150 Å². The van der Waals surface area contributed by atoms with Crippen molar-refractivity contribution < 1.29 is 9.59 Å². The van der Waals surface area contributed by atoms with Crippen LogP contribution in [-0.4, -0.2) is 11.8 Å². The number of carbonyl (C=O) groups is 2. The van der Waals surface area contributed by atoms with Crippen LogP contribution in [0.3, 0.4) is 0 Å². The van der Waals surface area contributed by atoms with Crippen molar-refractivity contribution in [2.75, 3.05) is 4.90 Å². The number of nitrogens with zero attached hydrogens (tertiary/aromatic N) is 1. The van der Waals surface area contributed by atoms with Crippen molar-refractivity contribution in [2.45, 2.75) is 22.7 Å². The van der Waals surface area contributed by atoms with Gasteiger partial charge >= 0.3 is 0 Å². The molecule has 1 saturated heterocycles. The molecule has 2 spiro atoms. The fraction of sp³-hybridized carbons (Fsp3) is 0.111. The summed E-state index contributed by atoms with van der Waals surface area (Å²) in [5.74, 6) is -0.557. The van der Waals surface area contributed by atoms with E-state index in [1.165, 1.54) is 4.90 Å². The number of hydrogen-bond donors (Lipinski definition) is 0. The molecule has 9 rings (SSSR count). The number of para-hydroxylation sites is 1. The van der Waals surface area contributed by atoms with Crippen LogP contribution in [0.4, 0.5) is 5.69 Å². The van der Waals surface area contributed by atoms with Gasteiger partial charge in [-0.05, 0) is 56.6 Å². The molecule has 3 nitrogen and oxygen atoms in total. The van der Waals surface area contributed by atoms with Crippen LogP contribution in [0.1, 0.15) is 34.1 Å². The molecule has 3 aliphatic carbocycles. The third-order valence-electron chi connectivity index (χ3n) is 9.86. The first-order valence-corrected chi connectivity index (χ1v) is 13.5. The zero-order chi connectivity index (χ0) is 25.9. The minimum Gasteiger partial charge on any atom is -0.273 e. The third-order valence-corrected chi connectivity index (χ3v) is 9.86. The highest BCUT2D eigenvalue weighted by molar-refractivity contribution is 6.33. The molecule has 1 saturated carbocycles. The minimum atomic E-state index is -1.04. The first-order chi connectivity index (χ1) is 19.2. The molecule has 4 aliphatic rings. The monoisotopic (exact) mass is 501 g/mol. The van der Waals surface area contributed by atoms with Gasteiger partial charge in [-0.2, -0.15) is 0 Å². The fourth-order valence-electron chi connectivity index (χ4n) is 8.72. The number of hydrogen-bond acceptors (Lipinski definition) is 2. The third kappa shape index (κ3) is 2.10. The van der Waals surface area contributed by atoms with E-state index in [0.717, 1.165) is 44.5 Å². The summed E-state index contributed by atoms with van der Waals surface area (Å²) >= 11 is 0. The van der Waals surface area contributed by atoms with Gasteiger partial charge in [0, 0.05) is 11.8 Å². The Morgan fingerprint density at radius 3 is 1.31 bits per heavy atom. The van der Waals surface area contributed by atoms with E-state index in [-0.39, 0.29) is 23.7 Å². The highest BCUT2D eigenvalue weighted by Crippen LogP contribution is 2.81. The fourth-order valence-corrected chi connectivity index (χ4v) is 8.72. The maximum atomic E-state index is 15.2. The summed E-state index contributed by atoms with van der Waals surface area (Å²) in [5, 5.41) is 0. The second-order valence-electron chi connectivity index (χ2n) is 11.1. The normalized spacial score (nSPS) is 26.7. The van der Waals surface area contributed by atoms with Crippen LogP contribution in [0.25, 0.3) is 22.3 Å². The molecule has 5 aromatic carbocycles. The van der Waals surface area contributed by atoms with E-state index in [2.05, 4.69) is 72.8 Å². The Bertz CT molecular complexity index is 1770. The number of amides is 2. The Morgan fingerprint density at radius 1 is 0.436 bits per heavy atom. The zero-order valence-corrected chi connectivity index (χ0v) is 21.0. The highest BCUT2D eigenvalue weighted by atomic mass is 16.2. The smallest absolute Gasteiger partial charge is 0.246 e. The molecule has 3 heteroatoms. The quantitative estimate of drug-likeness (QED) is 0.233. The van der Waals surface area contributed by atoms with E-state index in [0.29, 0.717) is 5.69 Å². The lowest BCUT2D eigenvalue weighted by Crippen LogP contribution is -2.72. The average Bonchev–Trinajstić information content (AvgIpc) is 3.13. The molecule has 39 heavy (non-hydrogen) atoms. The number of benzene rings is 5. The van der Waals surface area contributed by atoms with Crippen LogP contribution in [0.2, 0.25) is 0 Å². The van der Waals surface area contributed by atoms with Gasteiger partial charge in [0.2, 0.25) is 11.8 Å². The molecule has 2 fully saturated rings.